The Hall–Kier alpha value is -3.01. The maximum atomic E-state index is 12.8. The predicted molar refractivity (Wildman–Crippen MR) is 125 cm³/mol. The lowest BCUT2D eigenvalue weighted by Crippen LogP contribution is -2.49. The molecule has 0 radical (unpaired) electrons. The zero-order valence-electron chi connectivity index (χ0n) is 18.0. The molecule has 3 aromatic heterocycles. The number of rotatable bonds is 6. The average molecular weight is 484 g/mol. The van der Waals surface area contributed by atoms with Crippen LogP contribution in [0.5, 0.6) is 0 Å². The minimum Gasteiger partial charge on any atom is -0.462 e. The maximum Gasteiger partial charge on any atom is 0.244 e. The van der Waals surface area contributed by atoms with E-state index in [4.69, 9.17) is 20.5 Å². The lowest BCUT2D eigenvalue weighted by atomic mass is 10.2. The Morgan fingerprint density at radius 1 is 1.15 bits per heavy atom. The van der Waals surface area contributed by atoms with E-state index >= 15 is 0 Å². The van der Waals surface area contributed by atoms with Gasteiger partial charge in [0.25, 0.3) is 0 Å². The highest BCUT2D eigenvalue weighted by atomic mass is 35.5. The average Bonchev–Trinajstić information content (AvgIpc) is 3.61. The molecule has 4 heterocycles. The molecular formula is C23H22ClN5O3S. The number of halogens is 1. The SMILES string of the molecule is C[C@@H](c1nc(-c2ccc(Cl)cc2)no1)N1CCN(C(=O)Cc2csc(-c3ccco3)n2)CC1. The molecule has 4 aromatic rings. The van der Waals surface area contributed by atoms with E-state index in [-0.39, 0.29) is 11.9 Å². The Bertz CT molecular complexity index is 1210. The Balaban J connectivity index is 1.15. The second kappa shape index (κ2) is 9.46. The molecule has 0 saturated carbocycles. The van der Waals surface area contributed by atoms with Crippen LogP contribution in [0.25, 0.3) is 22.2 Å². The monoisotopic (exact) mass is 483 g/mol. The topological polar surface area (TPSA) is 88.5 Å². The molecule has 1 saturated heterocycles. The Morgan fingerprint density at radius 3 is 2.67 bits per heavy atom. The van der Waals surface area contributed by atoms with E-state index in [1.54, 1.807) is 18.4 Å². The van der Waals surface area contributed by atoms with Crippen molar-refractivity contribution in [3.8, 4) is 22.2 Å². The summed E-state index contributed by atoms with van der Waals surface area (Å²) in [4.78, 5) is 26.0. The van der Waals surface area contributed by atoms with Crippen molar-refractivity contribution in [1.29, 1.82) is 0 Å². The van der Waals surface area contributed by atoms with Crippen LogP contribution in [-0.4, -0.2) is 57.0 Å². The van der Waals surface area contributed by atoms with Crippen molar-refractivity contribution in [2.45, 2.75) is 19.4 Å². The van der Waals surface area contributed by atoms with Crippen molar-refractivity contribution >= 4 is 28.8 Å². The first kappa shape index (κ1) is 21.8. The largest absolute Gasteiger partial charge is 0.462 e. The van der Waals surface area contributed by atoms with E-state index < -0.39 is 0 Å². The fraction of sp³-hybridized carbons (Fsp3) is 0.304. The summed E-state index contributed by atoms with van der Waals surface area (Å²) in [5.41, 5.74) is 1.63. The van der Waals surface area contributed by atoms with Crippen molar-refractivity contribution < 1.29 is 13.7 Å². The Labute approximate surface area is 199 Å². The van der Waals surface area contributed by atoms with Crippen molar-refractivity contribution in [3.05, 3.63) is 64.6 Å². The number of furan rings is 1. The minimum atomic E-state index is -0.0369. The molecule has 1 amide bonds. The van der Waals surface area contributed by atoms with Crippen LogP contribution in [0.4, 0.5) is 0 Å². The summed E-state index contributed by atoms with van der Waals surface area (Å²) in [6.45, 7) is 4.82. The molecule has 0 spiro atoms. The van der Waals surface area contributed by atoms with Gasteiger partial charge in [-0.3, -0.25) is 9.69 Å². The number of hydrogen-bond donors (Lipinski definition) is 0. The molecule has 10 heteroatoms. The zero-order valence-corrected chi connectivity index (χ0v) is 19.6. The smallest absolute Gasteiger partial charge is 0.244 e. The summed E-state index contributed by atoms with van der Waals surface area (Å²) >= 11 is 7.44. The number of amides is 1. The van der Waals surface area contributed by atoms with E-state index in [1.807, 2.05) is 41.5 Å². The van der Waals surface area contributed by atoms with Crippen LogP contribution in [0, 0.1) is 0 Å². The van der Waals surface area contributed by atoms with Crippen LogP contribution in [0.1, 0.15) is 24.6 Å². The van der Waals surface area contributed by atoms with Gasteiger partial charge in [0.2, 0.25) is 17.6 Å². The third kappa shape index (κ3) is 4.85. The summed E-state index contributed by atoms with van der Waals surface area (Å²) in [6.07, 6.45) is 1.91. The molecule has 170 valence electrons. The van der Waals surface area contributed by atoms with Crippen LogP contribution < -0.4 is 0 Å². The second-order valence-corrected chi connectivity index (χ2v) is 9.15. The van der Waals surface area contributed by atoms with E-state index in [9.17, 15) is 4.79 Å². The molecule has 33 heavy (non-hydrogen) atoms. The number of aromatic nitrogens is 3. The van der Waals surface area contributed by atoms with Crippen molar-refractivity contribution in [2.75, 3.05) is 26.2 Å². The molecule has 5 rings (SSSR count). The lowest BCUT2D eigenvalue weighted by Gasteiger charge is -2.36. The zero-order chi connectivity index (χ0) is 22.8. The third-order valence-electron chi connectivity index (χ3n) is 5.73. The number of benzene rings is 1. The van der Waals surface area contributed by atoms with Gasteiger partial charge in [-0.25, -0.2) is 4.98 Å². The number of carbonyl (C=O) groups is 1. The number of thiazole rings is 1. The number of hydrogen-bond acceptors (Lipinski definition) is 8. The normalized spacial score (nSPS) is 15.6. The van der Waals surface area contributed by atoms with Gasteiger partial charge >= 0.3 is 0 Å². The van der Waals surface area contributed by atoms with Gasteiger partial charge in [0.15, 0.2) is 10.8 Å². The molecule has 0 bridgehead atoms. The molecule has 0 unspecified atom stereocenters. The maximum absolute atomic E-state index is 12.8. The fourth-order valence-electron chi connectivity index (χ4n) is 3.80. The van der Waals surface area contributed by atoms with Crippen molar-refractivity contribution in [2.24, 2.45) is 0 Å². The van der Waals surface area contributed by atoms with E-state index in [0.717, 1.165) is 35.1 Å². The first-order valence-corrected chi connectivity index (χ1v) is 11.9. The standard InChI is InChI=1S/C23H22ClN5O3S/c1-15(22-26-21(27-32-22)16-4-6-17(24)7-5-16)28-8-10-29(11-9-28)20(30)13-18-14-33-23(25-18)19-3-2-12-31-19/h2-7,12,14-15H,8-11,13H2,1H3/t15-/m0/s1. The molecule has 1 aliphatic heterocycles. The fourth-order valence-corrected chi connectivity index (χ4v) is 4.72. The first-order valence-electron chi connectivity index (χ1n) is 10.7. The van der Waals surface area contributed by atoms with Crippen LogP contribution >= 0.6 is 22.9 Å². The van der Waals surface area contributed by atoms with Gasteiger partial charge in [-0.05, 0) is 43.3 Å². The van der Waals surface area contributed by atoms with Crippen LogP contribution in [0.3, 0.4) is 0 Å². The molecule has 1 atom stereocenters. The van der Waals surface area contributed by atoms with Gasteiger partial charge in [0, 0.05) is 42.1 Å². The quantitative estimate of drug-likeness (QED) is 0.397. The Kier molecular flexibility index (Phi) is 6.26. The summed E-state index contributed by atoms with van der Waals surface area (Å²) in [6, 6.07) is 11.0. The van der Waals surface area contributed by atoms with Gasteiger partial charge in [-0.1, -0.05) is 16.8 Å². The molecule has 1 aliphatic rings. The van der Waals surface area contributed by atoms with Gasteiger partial charge in [-0.2, -0.15) is 4.98 Å². The molecule has 0 N–H and O–H groups in total. The predicted octanol–water partition coefficient (Wildman–Crippen LogP) is 4.55. The first-order chi connectivity index (χ1) is 16.1. The number of carbonyl (C=O) groups excluding carboxylic acids is 1. The van der Waals surface area contributed by atoms with Gasteiger partial charge in [0.1, 0.15) is 0 Å². The lowest BCUT2D eigenvalue weighted by molar-refractivity contribution is -0.132. The third-order valence-corrected chi connectivity index (χ3v) is 6.89. The van der Waals surface area contributed by atoms with Gasteiger partial charge in [-0.15, -0.1) is 11.3 Å². The summed E-state index contributed by atoms with van der Waals surface area (Å²) in [7, 11) is 0. The second-order valence-electron chi connectivity index (χ2n) is 7.85. The summed E-state index contributed by atoms with van der Waals surface area (Å²) < 4.78 is 10.9. The van der Waals surface area contributed by atoms with Crippen LogP contribution in [0.15, 0.2) is 57.0 Å². The Morgan fingerprint density at radius 2 is 1.94 bits per heavy atom. The van der Waals surface area contributed by atoms with Crippen LogP contribution in [0.2, 0.25) is 5.02 Å². The van der Waals surface area contributed by atoms with E-state index in [0.29, 0.717) is 36.2 Å². The molecular weight excluding hydrogens is 462 g/mol. The van der Waals surface area contributed by atoms with Crippen LogP contribution in [-0.2, 0) is 11.2 Å². The van der Waals surface area contributed by atoms with Gasteiger partial charge < -0.3 is 13.8 Å². The van der Waals surface area contributed by atoms with E-state index in [2.05, 4.69) is 20.0 Å². The summed E-state index contributed by atoms with van der Waals surface area (Å²) in [5.74, 6) is 1.91. The minimum absolute atomic E-state index is 0.0369. The van der Waals surface area contributed by atoms with E-state index in [1.165, 1.54) is 11.3 Å². The highest BCUT2D eigenvalue weighted by Gasteiger charge is 2.28. The molecule has 0 aliphatic carbocycles. The number of nitrogens with zero attached hydrogens (tertiary/aromatic N) is 5. The highest BCUT2D eigenvalue weighted by Crippen LogP contribution is 2.26. The molecule has 8 nitrogen and oxygen atoms in total. The summed E-state index contributed by atoms with van der Waals surface area (Å²) in [5, 5.41) is 7.48. The molecule has 1 fully saturated rings. The number of piperazine rings is 1. The highest BCUT2D eigenvalue weighted by molar-refractivity contribution is 7.13. The van der Waals surface area contributed by atoms with Gasteiger partial charge in [0.05, 0.1) is 24.4 Å². The van der Waals surface area contributed by atoms with Crippen molar-refractivity contribution in [3.63, 3.8) is 0 Å². The molecule has 1 aromatic carbocycles. The van der Waals surface area contributed by atoms with Crippen molar-refractivity contribution in [1.82, 2.24) is 24.9 Å².